The Morgan fingerprint density at radius 1 is 1.20 bits per heavy atom. The number of hydrogen-bond donors (Lipinski definition) is 2. The molecule has 0 aliphatic carbocycles. The Morgan fingerprint density at radius 2 is 1.80 bits per heavy atom. The molecule has 0 saturated heterocycles. The van der Waals surface area contributed by atoms with Gasteiger partial charge in [0.25, 0.3) is 0 Å². The lowest BCUT2D eigenvalue weighted by atomic mass is 10.1. The van der Waals surface area contributed by atoms with Gasteiger partial charge >= 0.3 is 0 Å². The van der Waals surface area contributed by atoms with Crippen LogP contribution in [0.2, 0.25) is 0 Å². The molecule has 0 atom stereocenters. The van der Waals surface area contributed by atoms with Crippen LogP contribution in [-0.2, 0) is 0 Å². The van der Waals surface area contributed by atoms with Gasteiger partial charge in [0.2, 0.25) is 0 Å². The Hall–Kier alpha value is -0.0800. The zero-order valence-electron chi connectivity index (χ0n) is 6.64. The molecule has 0 aliphatic rings. The highest BCUT2D eigenvalue weighted by Gasteiger charge is 2.02. The highest BCUT2D eigenvalue weighted by atomic mass is 16.3. The van der Waals surface area contributed by atoms with Crippen molar-refractivity contribution in [2.75, 3.05) is 6.61 Å². The van der Waals surface area contributed by atoms with E-state index in [0.717, 1.165) is 19.3 Å². The Kier molecular flexibility index (Phi) is 6.98. The van der Waals surface area contributed by atoms with Crippen LogP contribution < -0.4 is 0 Å². The predicted octanol–water partition coefficient (Wildman–Crippen LogP) is 1.85. The first-order valence-corrected chi connectivity index (χ1v) is 3.95. The van der Waals surface area contributed by atoms with Crippen LogP contribution >= 0.6 is 0 Å². The molecule has 2 heteroatoms. The molecule has 0 spiro atoms. The monoisotopic (exact) mass is 145 g/mol. The van der Waals surface area contributed by atoms with E-state index in [2.05, 4.69) is 6.92 Å². The van der Waals surface area contributed by atoms with Gasteiger partial charge in [-0.25, -0.2) is 0 Å². The van der Waals surface area contributed by atoms with E-state index in [1.54, 1.807) is 0 Å². The van der Waals surface area contributed by atoms with Crippen LogP contribution in [0.3, 0.4) is 0 Å². The van der Waals surface area contributed by atoms with Crippen molar-refractivity contribution in [3.8, 4) is 0 Å². The molecular formula is C8H17O2. The molecule has 0 aromatic rings. The maximum Gasteiger partial charge on any atom is 0.0934 e. The van der Waals surface area contributed by atoms with Crippen molar-refractivity contribution in [1.82, 2.24) is 0 Å². The van der Waals surface area contributed by atoms with Gasteiger partial charge in [-0.15, -0.1) is 0 Å². The minimum absolute atomic E-state index is 0.177. The summed E-state index contributed by atoms with van der Waals surface area (Å²) in [5.41, 5.74) is 0. The van der Waals surface area contributed by atoms with E-state index in [9.17, 15) is 0 Å². The second kappa shape index (κ2) is 7.03. The first-order chi connectivity index (χ1) is 4.81. The highest BCUT2D eigenvalue weighted by molar-refractivity contribution is 4.73. The quantitative estimate of drug-likeness (QED) is 0.599. The lowest BCUT2D eigenvalue weighted by Crippen LogP contribution is -1.97. The molecule has 0 bridgehead atoms. The SMILES string of the molecule is CCCC[C](O)CCCO. The van der Waals surface area contributed by atoms with Gasteiger partial charge in [0.15, 0.2) is 0 Å². The molecule has 2 nitrogen and oxygen atoms in total. The van der Waals surface area contributed by atoms with Gasteiger partial charge in [-0.1, -0.05) is 19.8 Å². The summed E-state index contributed by atoms with van der Waals surface area (Å²) in [5, 5.41) is 17.5. The van der Waals surface area contributed by atoms with Gasteiger partial charge in [-0.05, 0) is 19.3 Å². The summed E-state index contributed by atoms with van der Waals surface area (Å²) in [6, 6.07) is 0. The van der Waals surface area contributed by atoms with Gasteiger partial charge in [-0.3, -0.25) is 0 Å². The average Bonchev–Trinajstić information content (AvgIpc) is 1.97. The summed E-state index contributed by atoms with van der Waals surface area (Å²) in [5.74, 6) is 0. The van der Waals surface area contributed by atoms with Crippen LogP contribution in [0, 0.1) is 6.10 Å². The minimum Gasteiger partial charge on any atom is -0.396 e. The zero-order chi connectivity index (χ0) is 7.82. The Balaban J connectivity index is 3.00. The summed E-state index contributed by atoms with van der Waals surface area (Å²) in [4.78, 5) is 0. The Labute approximate surface area is 62.9 Å². The predicted molar refractivity (Wildman–Crippen MR) is 41.0 cm³/mol. The maximum absolute atomic E-state index is 9.12. The molecule has 2 N–H and O–H groups in total. The Morgan fingerprint density at radius 3 is 2.30 bits per heavy atom. The molecule has 0 fully saturated rings. The smallest absolute Gasteiger partial charge is 0.0934 e. The van der Waals surface area contributed by atoms with Crippen molar-refractivity contribution in [2.24, 2.45) is 0 Å². The third kappa shape index (κ3) is 6.05. The number of unbranched alkanes of at least 4 members (excludes halogenated alkanes) is 1. The number of hydrogen-bond acceptors (Lipinski definition) is 2. The van der Waals surface area contributed by atoms with Crippen LogP contribution in [0.15, 0.2) is 0 Å². The lowest BCUT2D eigenvalue weighted by Gasteiger charge is -2.05. The molecule has 0 heterocycles. The molecule has 0 unspecified atom stereocenters. The lowest BCUT2D eigenvalue weighted by molar-refractivity contribution is 0.230. The fraction of sp³-hybridized carbons (Fsp3) is 0.875. The van der Waals surface area contributed by atoms with Gasteiger partial charge in [0.05, 0.1) is 6.10 Å². The van der Waals surface area contributed by atoms with Crippen molar-refractivity contribution >= 4 is 0 Å². The van der Waals surface area contributed by atoms with E-state index in [-0.39, 0.29) is 6.61 Å². The largest absolute Gasteiger partial charge is 0.396 e. The van der Waals surface area contributed by atoms with E-state index in [0.29, 0.717) is 18.9 Å². The fourth-order valence-corrected chi connectivity index (χ4v) is 0.789. The summed E-state index contributed by atoms with van der Waals surface area (Å²) in [7, 11) is 0. The Bertz CT molecular complexity index is 56.3. The molecule has 61 valence electrons. The topological polar surface area (TPSA) is 40.5 Å². The van der Waals surface area contributed by atoms with Gasteiger partial charge in [-0.2, -0.15) is 0 Å². The molecular weight excluding hydrogens is 128 g/mol. The second-order valence-corrected chi connectivity index (χ2v) is 2.50. The van der Waals surface area contributed by atoms with Gasteiger partial charge in [0.1, 0.15) is 0 Å². The number of rotatable bonds is 6. The molecule has 0 amide bonds. The van der Waals surface area contributed by atoms with E-state index in [1.165, 1.54) is 0 Å². The van der Waals surface area contributed by atoms with Crippen LogP contribution in [0.4, 0.5) is 0 Å². The molecule has 0 aliphatic heterocycles. The fourth-order valence-electron chi connectivity index (χ4n) is 0.789. The summed E-state index contributed by atoms with van der Waals surface area (Å²) < 4.78 is 0. The van der Waals surface area contributed by atoms with Crippen LogP contribution in [-0.4, -0.2) is 16.8 Å². The maximum atomic E-state index is 9.12. The summed E-state index contributed by atoms with van der Waals surface area (Å²) in [6.07, 6.45) is 4.86. The van der Waals surface area contributed by atoms with Crippen molar-refractivity contribution in [3.05, 3.63) is 6.10 Å². The molecule has 1 radical (unpaired) electrons. The van der Waals surface area contributed by atoms with Gasteiger partial charge < -0.3 is 10.2 Å². The van der Waals surface area contributed by atoms with E-state index < -0.39 is 0 Å². The van der Waals surface area contributed by atoms with Crippen molar-refractivity contribution in [3.63, 3.8) is 0 Å². The van der Waals surface area contributed by atoms with E-state index >= 15 is 0 Å². The first-order valence-electron chi connectivity index (χ1n) is 3.95. The van der Waals surface area contributed by atoms with E-state index in [4.69, 9.17) is 10.2 Å². The third-order valence-electron chi connectivity index (χ3n) is 1.44. The summed E-state index contributed by atoms with van der Waals surface area (Å²) in [6.45, 7) is 2.27. The average molecular weight is 145 g/mol. The molecule has 10 heavy (non-hydrogen) atoms. The molecule has 0 aromatic carbocycles. The van der Waals surface area contributed by atoms with Crippen molar-refractivity contribution in [1.29, 1.82) is 0 Å². The van der Waals surface area contributed by atoms with Crippen LogP contribution in [0.5, 0.6) is 0 Å². The number of aliphatic hydroxyl groups excluding tert-OH is 2. The first kappa shape index (κ1) is 9.92. The second-order valence-electron chi connectivity index (χ2n) is 2.50. The van der Waals surface area contributed by atoms with Gasteiger partial charge in [0, 0.05) is 6.61 Å². The van der Waals surface area contributed by atoms with Crippen molar-refractivity contribution < 1.29 is 10.2 Å². The van der Waals surface area contributed by atoms with E-state index in [1.807, 2.05) is 0 Å². The third-order valence-corrected chi connectivity index (χ3v) is 1.44. The van der Waals surface area contributed by atoms with Crippen LogP contribution in [0.1, 0.15) is 39.0 Å². The number of aliphatic hydroxyl groups is 2. The zero-order valence-corrected chi connectivity index (χ0v) is 6.64. The van der Waals surface area contributed by atoms with Crippen LogP contribution in [0.25, 0.3) is 0 Å². The summed E-state index contributed by atoms with van der Waals surface area (Å²) >= 11 is 0. The standard InChI is InChI=1S/C8H17O2/c1-2-3-5-8(10)6-4-7-9/h9-10H,2-7H2,1H3. The molecule has 0 rings (SSSR count). The normalized spacial score (nSPS) is 10.8. The molecule has 0 saturated carbocycles. The minimum atomic E-state index is 0.177. The van der Waals surface area contributed by atoms with Crippen molar-refractivity contribution in [2.45, 2.75) is 39.0 Å². The molecule has 0 aromatic heterocycles. The highest BCUT2D eigenvalue weighted by Crippen LogP contribution is 2.12.